The quantitative estimate of drug-likeness (QED) is 0.853. The van der Waals surface area contributed by atoms with Crippen molar-refractivity contribution in [3.63, 3.8) is 0 Å². The van der Waals surface area contributed by atoms with Gasteiger partial charge in [0.25, 0.3) is 5.92 Å². The molecule has 1 atom stereocenters. The van der Waals surface area contributed by atoms with E-state index in [2.05, 4.69) is 0 Å². The number of aliphatic carboxylic acids is 1. The second kappa shape index (κ2) is 5.86. The van der Waals surface area contributed by atoms with Crippen LogP contribution in [0.5, 0.6) is 0 Å². The smallest absolute Gasteiger partial charge is 0.304 e. The number of carboxylic acids is 1. The van der Waals surface area contributed by atoms with Crippen molar-refractivity contribution in [3.05, 3.63) is 35.9 Å². The molecule has 1 rings (SSSR count). The van der Waals surface area contributed by atoms with Gasteiger partial charge in [0.05, 0.1) is 12.2 Å². The summed E-state index contributed by atoms with van der Waals surface area (Å²) in [6.07, 6.45) is -0.364. The normalized spacial score (nSPS) is 13.3. The van der Waals surface area contributed by atoms with Crippen molar-refractivity contribution in [3.8, 4) is 0 Å². The van der Waals surface area contributed by atoms with Crippen molar-refractivity contribution in [1.29, 1.82) is 0 Å². The molecule has 0 aliphatic heterocycles. The SMILES string of the molecule is O=C(O)CCS(=O)CC(F)(F)c1ccccc1. The van der Waals surface area contributed by atoms with Crippen molar-refractivity contribution in [1.82, 2.24) is 0 Å². The van der Waals surface area contributed by atoms with Crippen LogP contribution in [0.2, 0.25) is 0 Å². The third-order valence-corrected chi connectivity index (χ3v) is 3.43. The van der Waals surface area contributed by atoms with E-state index in [4.69, 9.17) is 5.11 Å². The Morgan fingerprint density at radius 2 is 1.88 bits per heavy atom. The average molecular weight is 262 g/mol. The van der Waals surface area contributed by atoms with Crippen molar-refractivity contribution < 1.29 is 22.9 Å². The fourth-order valence-electron chi connectivity index (χ4n) is 1.24. The second-order valence-electron chi connectivity index (χ2n) is 3.50. The number of benzene rings is 1. The molecule has 0 radical (unpaired) electrons. The van der Waals surface area contributed by atoms with E-state index in [1.165, 1.54) is 24.3 Å². The Kier molecular flexibility index (Phi) is 4.74. The maximum Gasteiger partial charge on any atom is 0.304 e. The number of hydrogen-bond donors (Lipinski definition) is 1. The highest BCUT2D eigenvalue weighted by Crippen LogP contribution is 2.28. The summed E-state index contributed by atoms with van der Waals surface area (Å²) >= 11 is 0. The number of alkyl halides is 2. The van der Waals surface area contributed by atoms with E-state index in [-0.39, 0.29) is 17.7 Å². The van der Waals surface area contributed by atoms with Crippen LogP contribution in [-0.4, -0.2) is 26.8 Å². The first-order chi connectivity index (χ1) is 7.92. The summed E-state index contributed by atoms with van der Waals surface area (Å²) in [4.78, 5) is 10.2. The van der Waals surface area contributed by atoms with Gasteiger partial charge in [-0.1, -0.05) is 30.3 Å². The van der Waals surface area contributed by atoms with Crippen molar-refractivity contribution in [2.75, 3.05) is 11.5 Å². The Balaban J connectivity index is 2.61. The second-order valence-corrected chi connectivity index (χ2v) is 5.08. The van der Waals surface area contributed by atoms with Gasteiger partial charge >= 0.3 is 5.97 Å². The highest BCUT2D eigenvalue weighted by Gasteiger charge is 2.33. The molecule has 0 amide bonds. The summed E-state index contributed by atoms with van der Waals surface area (Å²) in [5.41, 5.74) is -0.205. The van der Waals surface area contributed by atoms with Gasteiger partial charge in [-0.3, -0.25) is 9.00 Å². The largest absolute Gasteiger partial charge is 0.481 e. The summed E-state index contributed by atoms with van der Waals surface area (Å²) < 4.78 is 38.5. The summed E-state index contributed by atoms with van der Waals surface area (Å²) in [5, 5.41) is 8.36. The van der Waals surface area contributed by atoms with Crippen LogP contribution >= 0.6 is 0 Å². The fourth-order valence-corrected chi connectivity index (χ4v) is 2.36. The molecular weight excluding hydrogens is 250 g/mol. The van der Waals surface area contributed by atoms with Crippen LogP contribution in [-0.2, 0) is 21.5 Å². The molecule has 0 spiro atoms. The summed E-state index contributed by atoms with van der Waals surface area (Å²) in [6.45, 7) is 0. The van der Waals surface area contributed by atoms with Crippen molar-refractivity contribution in [2.24, 2.45) is 0 Å². The van der Waals surface area contributed by atoms with Crippen molar-refractivity contribution in [2.45, 2.75) is 12.3 Å². The van der Waals surface area contributed by atoms with Gasteiger partial charge in [0, 0.05) is 22.1 Å². The molecule has 94 valence electrons. The van der Waals surface area contributed by atoms with E-state index in [0.29, 0.717) is 0 Å². The van der Waals surface area contributed by atoms with E-state index in [0.717, 1.165) is 0 Å². The first-order valence-electron chi connectivity index (χ1n) is 4.92. The third-order valence-electron chi connectivity index (χ3n) is 2.08. The minimum absolute atomic E-state index is 0.205. The first-order valence-corrected chi connectivity index (χ1v) is 6.41. The molecule has 17 heavy (non-hydrogen) atoms. The van der Waals surface area contributed by atoms with Crippen molar-refractivity contribution >= 4 is 16.8 Å². The Bertz CT molecular complexity index is 406. The molecule has 0 saturated carbocycles. The van der Waals surface area contributed by atoms with Gasteiger partial charge in [-0.05, 0) is 0 Å². The van der Waals surface area contributed by atoms with E-state index in [9.17, 15) is 17.8 Å². The molecule has 0 saturated heterocycles. The highest BCUT2D eigenvalue weighted by atomic mass is 32.2. The number of hydrogen-bond acceptors (Lipinski definition) is 2. The molecule has 1 aromatic carbocycles. The Morgan fingerprint density at radius 3 is 2.41 bits per heavy atom. The number of carboxylic acid groups (broad SMARTS) is 1. The van der Waals surface area contributed by atoms with Gasteiger partial charge in [-0.25, -0.2) is 8.78 Å². The lowest BCUT2D eigenvalue weighted by Crippen LogP contribution is -2.24. The molecule has 0 bridgehead atoms. The standard InChI is InChI=1S/C11H12F2O3S/c12-11(13,9-4-2-1-3-5-9)8-17(16)7-6-10(14)15/h1-5H,6-8H2,(H,14,15). The Morgan fingerprint density at radius 1 is 1.29 bits per heavy atom. The fraction of sp³-hybridized carbons (Fsp3) is 0.364. The van der Waals surface area contributed by atoms with Crippen LogP contribution in [0.3, 0.4) is 0 Å². The Hall–Kier alpha value is -1.30. The van der Waals surface area contributed by atoms with Gasteiger partial charge in [0.1, 0.15) is 0 Å². The molecular formula is C11H12F2O3S. The highest BCUT2D eigenvalue weighted by molar-refractivity contribution is 7.85. The van der Waals surface area contributed by atoms with Crippen LogP contribution in [0.4, 0.5) is 8.78 Å². The number of carbonyl (C=O) groups is 1. The van der Waals surface area contributed by atoms with Gasteiger partial charge in [-0.2, -0.15) is 0 Å². The molecule has 0 aliphatic rings. The topological polar surface area (TPSA) is 54.4 Å². The number of halogens is 2. The first kappa shape index (κ1) is 13.8. The van der Waals surface area contributed by atoms with Crippen LogP contribution in [0.1, 0.15) is 12.0 Å². The van der Waals surface area contributed by atoms with Gasteiger partial charge in [0.2, 0.25) is 0 Å². The lowest BCUT2D eigenvalue weighted by Gasteiger charge is -2.15. The summed E-state index contributed by atoms with van der Waals surface area (Å²) in [5.74, 6) is -5.42. The predicted molar refractivity (Wildman–Crippen MR) is 60.5 cm³/mol. The maximum absolute atomic E-state index is 13.6. The lowest BCUT2D eigenvalue weighted by molar-refractivity contribution is -0.136. The van der Waals surface area contributed by atoms with E-state index >= 15 is 0 Å². The third kappa shape index (κ3) is 4.60. The lowest BCUT2D eigenvalue weighted by atomic mass is 10.1. The molecule has 0 fully saturated rings. The maximum atomic E-state index is 13.6. The van der Waals surface area contributed by atoms with Crippen LogP contribution in [0.15, 0.2) is 30.3 Å². The molecule has 1 unspecified atom stereocenters. The summed E-state index contributed by atoms with van der Waals surface area (Å²) in [7, 11) is -1.84. The molecule has 0 aliphatic carbocycles. The van der Waals surface area contributed by atoms with Gasteiger partial charge in [0.15, 0.2) is 0 Å². The minimum atomic E-state index is -3.19. The number of rotatable bonds is 6. The van der Waals surface area contributed by atoms with E-state index < -0.39 is 28.4 Å². The van der Waals surface area contributed by atoms with E-state index in [1.807, 2.05) is 0 Å². The van der Waals surface area contributed by atoms with Crippen LogP contribution in [0.25, 0.3) is 0 Å². The zero-order valence-corrected chi connectivity index (χ0v) is 9.75. The molecule has 0 aromatic heterocycles. The van der Waals surface area contributed by atoms with Gasteiger partial charge in [-0.15, -0.1) is 0 Å². The van der Waals surface area contributed by atoms with Crippen LogP contribution < -0.4 is 0 Å². The molecule has 1 aromatic rings. The zero-order chi connectivity index (χ0) is 12.9. The average Bonchev–Trinajstić information content (AvgIpc) is 2.27. The zero-order valence-electron chi connectivity index (χ0n) is 8.94. The molecule has 3 nitrogen and oxygen atoms in total. The predicted octanol–water partition coefficient (Wildman–Crippen LogP) is 2.00. The van der Waals surface area contributed by atoms with Crippen LogP contribution in [0, 0.1) is 0 Å². The molecule has 1 N–H and O–H groups in total. The minimum Gasteiger partial charge on any atom is -0.481 e. The summed E-state index contributed by atoms with van der Waals surface area (Å²) in [6, 6.07) is 7.08. The molecule has 6 heteroatoms. The van der Waals surface area contributed by atoms with E-state index in [1.54, 1.807) is 6.07 Å². The van der Waals surface area contributed by atoms with Gasteiger partial charge < -0.3 is 5.11 Å². The monoisotopic (exact) mass is 262 g/mol. The molecule has 0 heterocycles. The Labute approximate surface area is 99.9 Å².